The van der Waals surface area contributed by atoms with Crippen LogP contribution in [0.25, 0.3) is 0 Å². The van der Waals surface area contributed by atoms with Crippen LogP contribution in [0, 0.1) is 12.8 Å². The van der Waals surface area contributed by atoms with Gasteiger partial charge in [-0.15, -0.1) is 0 Å². The molecular formula is C10H17N3O2. The summed E-state index contributed by atoms with van der Waals surface area (Å²) in [7, 11) is 0. The second-order valence-corrected chi connectivity index (χ2v) is 4.11. The zero-order valence-corrected chi connectivity index (χ0v) is 9.24. The summed E-state index contributed by atoms with van der Waals surface area (Å²) in [6, 6.07) is -1.07. The highest BCUT2D eigenvalue weighted by Gasteiger charge is 2.19. The monoisotopic (exact) mass is 211 g/mol. The number of carboxylic acid groups (broad SMARTS) is 1. The molecule has 4 N–H and O–H groups in total. The van der Waals surface area contributed by atoms with Crippen LogP contribution >= 0.6 is 0 Å². The van der Waals surface area contributed by atoms with Crippen molar-refractivity contribution in [1.29, 1.82) is 0 Å². The summed E-state index contributed by atoms with van der Waals surface area (Å²) < 4.78 is 0. The molecule has 1 aromatic heterocycles. The standard InChI is InChI=1S/C10H17N3O2/c1-5(2)4-7-6(3)12-9(13-7)8(11)10(14)15/h5,8H,4,11H2,1-3H3,(H,12,13)(H,14,15). The molecule has 0 saturated carbocycles. The lowest BCUT2D eigenvalue weighted by Gasteiger charge is -2.01. The summed E-state index contributed by atoms with van der Waals surface area (Å²) in [6.45, 7) is 6.05. The average Bonchev–Trinajstić information content (AvgIpc) is 2.45. The normalized spacial score (nSPS) is 13.1. The number of imidazole rings is 1. The smallest absolute Gasteiger partial charge is 0.328 e. The van der Waals surface area contributed by atoms with Crippen LogP contribution in [-0.2, 0) is 11.2 Å². The number of carboxylic acids is 1. The number of nitrogens with two attached hydrogens (primary N) is 1. The van der Waals surface area contributed by atoms with Gasteiger partial charge in [0.25, 0.3) is 0 Å². The molecule has 1 heterocycles. The Morgan fingerprint density at radius 1 is 1.60 bits per heavy atom. The van der Waals surface area contributed by atoms with E-state index in [1.165, 1.54) is 0 Å². The first-order valence-corrected chi connectivity index (χ1v) is 4.95. The van der Waals surface area contributed by atoms with Gasteiger partial charge in [-0.05, 0) is 19.3 Å². The molecule has 0 bridgehead atoms. The van der Waals surface area contributed by atoms with E-state index in [-0.39, 0.29) is 0 Å². The summed E-state index contributed by atoms with van der Waals surface area (Å²) in [5.74, 6) is -0.253. The first-order valence-electron chi connectivity index (χ1n) is 4.95. The van der Waals surface area contributed by atoms with Crippen molar-refractivity contribution in [1.82, 2.24) is 9.97 Å². The van der Waals surface area contributed by atoms with Gasteiger partial charge in [-0.3, -0.25) is 4.79 Å². The fourth-order valence-corrected chi connectivity index (χ4v) is 1.37. The van der Waals surface area contributed by atoms with Crippen LogP contribution in [0.15, 0.2) is 0 Å². The van der Waals surface area contributed by atoms with E-state index in [0.717, 1.165) is 17.8 Å². The van der Waals surface area contributed by atoms with Crippen LogP contribution in [0.5, 0.6) is 0 Å². The van der Waals surface area contributed by atoms with E-state index in [2.05, 4.69) is 23.8 Å². The largest absolute Gasteiger partial charge is 0.480 e. The SMILES string of the molecule is Cc1[nH]c(C(N)C(=O)O)nc1CC(C)C. The van der Waals surface area contributed by atoms with E-state index in [4.69, 9.17) is 10.8 Å². The molecule has 1 aromatic rings. The molecule has 0 fully saturated rings. The number of aliphatic carboxylic acids is 1. The zero-order valence-electron chi connectivity index (χ0n) is 9.24. The van der Waals surface area contributed by atoms with Crippen LogP contribution in [0.1, 0.15) is 37.1 Å². The minimum absolute atomic E-state index is 0.329. The lowest BCUT2D eigenvalue weighted by molar-refractivity contribution is -0.138. The number of hydrogen-bond acceptors (Lipinski definition) is 3. The number of nitrogens with zero attached hydrogens (tertiary/aromatic N) is 1. The minimum atomic E-state index is -1.07. The van der Waals surface area contributed by atoms with E-state index in [0.29, 0.717) is 11.7 Å². The molecule has 0 spiro atoms. The molecule has 0 radical (unpaired) electrons. The summed E-state index contributed by atoms with van der Waals surface area (Å²) in [6.07, 6.45) is 0.828. The van der Waals surface area contributed by atoms with Gasteiger partial charge in [0.15, 0.2) is 6.04 Å². The van der Waals surface area contributed by atoms with Gasteiger partial charge in [-0.25, -0.2) is 4.98 Å². The molecule has 15 heavy (non-hydrogen) atoms. The third-order valence-electron chi connectivity index (χ3n) is 2.17. The molecule has 0 amide bonds. The number of hydrogen-bond donors (Lipinski definition) is 3. The topological polar surface area (TPSA) is 92.0 Å². The number of aryl methyl sites for hydroxylation is 1. The van der Waals surface area contributed by atoms with Gasteiger partial charge in [-0.2, -0.15) is 0 Å². The predicted molar refractivity (Wildman–Crippen MR) is 56.4 cm³/mol. The Bertz CT molecular complexity index is 358. The number of H-pyrrole nitrogens is 1. The Kier molecular flexibility index (Phi) is 3.47. The van der Waals surface area contributed by atoms with E-state index in [9.17, 15) is 4.79 Å². The van der Waals surface area contributed by atoms with E-state index in [1.807, 2.05) is 6.92 Å². The second-order valence-electron chi connectivity index (χ2n) is 4.11. The molecule has 84 valence electrons. The third kappa shape index (κ3) is 2.79. The fourth-order valence-electron chi connectivity index (χ4n) is 1.37. The Morgan fingerprint density at radius 2 is 2.20 bits per heavy atom. The van der Waals surface area contributed by atoms with Gasteiger partial charge in [-0.1, -0.05) is 13.8 Å². The van der Waals surface area contributed by atoms with Crippen LogP contribution in [-0.4, -0.2) is 21.0 Å². The molecule has 0 aliphatic rings. The van der Waals surface area contributed by atoms with E-state index in [1.54, 1.807) is 0 Å². The summed E-state index contributed by atoms with van der Waals surface area (Å²) in [5, 5.41) is 8.73. The Morgan fingerprint density at radius 3 is 2.67 bits per heavy atom. The highest BCUT2D eigenvalue weighted by Crippen LogP contribution is 2.14. The zero-order chi connectivity index (χ0) is 11.6. The van der Waals surface area contributed by atoms with Gasteiger partial charge in [0.1, 0.15) is 5.82 Å². The Balaban J connectivity index is 2.90. The van der Waals surface area contributed by atoms with Gasteiger partial charge >= 0.3 is 5.97 Å². The molecule has 5 heteroatoms. The molecule has 1 unspecified atom stereocenters. The number of nitrogens with one attached hydrogen (secondary N) is 1. The maximum atomic E-state index is 10.7. The van der Waals surface area contributed by atoms with Crippen molar-refractivity contribution in [2.75, 3.05) is 0 Å². The Hall–Kier alpha value is -1.36. The summed E-state index contributed by atoms with van der Waals surface area (Å²) in [5.41, 5.74) is 7.26. The van der Waals surface area contributed by atoms with Crippen molar-refractivity contribution < 1.29 is 9.90 Å². The Labute approximate surface area is 88.7 Å². The second kappa shape index (κ2) is 4.44. The lowest BCUT2D eigenvalue weighted by Crippen LogP contribution is -2.22. The first-order chi connectivity index (χ1) is 6.91. The molecule has 1 atom stereocenters. The van der Waals surface area contributed by atoms with Crippen molar-refractivity contribution in [3.8, 4) is 0 Å². The van der Waals surface area contributed by atoms with Crippen LogP contribution in [0.3, 0.4) is 0 Å². The van der Waals surface area contributed by atoms with Gasteiger partial charge in [0.05, 0.1) is 5.69 Å². The highest BCUT2D eigenvalue weighted by atomic mass is 16.4. The first kappa shape index (κ1) is 11.7. The maximum absolute atomic E-state index is 10.7. The summed E-state index contributed by atoms with van der Waals surface area (Å²) >= 11 is 0. The maximum Gasteiger partial charge on any atom is 0.328 e. The number of rotatable bonds is 4. The van der Waals surface area contributed by atoms with Crippen molar-refractivity contribution in [2.24, 2.45) is 11.7 Å². The fraction of sp³-hybridized carbons (Fsp3) is 0.600. The number of aromatic amines is 1. The predicted octanol–water partition coefficient (Wildman–Crippen LogP) is 1.00. The van der Waals surface area contributed by atoms with Crippen molar-refractivity contribution >= 4 is 5.97 Å². The molecule has 0 saturated heterocycles. The lowest BCUT2D eigenvalue weighted by atomic mass is 10.1. The molecule has 0 aliphatic carbocycles. The number of aromatic nitrogens is 2. The van der Waals surface area contributed by atoms with Gasteiger partial charge in [0, 0.05) is 5.69 Å². The van der Waals surface area contributed by atoms with E-state index >= 15 is 0 Å². The number of carbonyl (C=O) groups is 1. The van der Waals surface area contributed by atoms with Crippen molar-refractivity contribution in [3.63, 3.8) is 0 Å². The molecule has 0 aromatic carbocycles. The average molecular weight is 211 g/mol. The third-order valence-corrected chi connectivity index (χ3v) is 2.17. The molecule has 5 nitrogen and oxygen atoms in total. The van der Waals surface area contributed by atoms with Crippen LogP contribution in [0.2, 0.25) is 0 Å². The quantitative estimate of drug-likeness (QED) is 0.692. The minimum Gasteiger partial charge on any atom is -0.480 e. The van der Waals surface area contributed by atoms with Crippen LogP contribution in [0.4, 0.5) is 0 Å². The highest BCUT2D eigenvalue weighted by molar-refractivity contribution is 5.74. The van der Waals surface area contributed by atoms with E-state index < -0.39 is 12.0 Å². The van der Waals surface area contributed by atoms with Gasteiger partial charge < -0.3 is 15.8 Å². The molecule has 1 rings (SSSR count). The molecular weight excluding hydrogens is 194 g/mol. The molecule has 0 aliphatic heterocycles. The summed E-state index contributed by atoms with van der Waals surface area (Å²) in [4.78, 5) is 17.8. The van der Waals surface area contributed by atoms with Crippen molar-refractivity contribution in [3.05, 3.63) is 17.2 Å². The van der Waals surface area contributed by atoms with Crippen molar-refractivity contribution in [2.45, 2.75) is 33.2 Å². The van der Waals surface area contributed by atoms with Crippen LogP contribution < -0.4 is 5.73 Å². The van der Waals surface area contributed by atoms with Gasteiger partial charge in [0.2, 0.25) is 0 Å².